The van der Waals surface area contributed by atoms with Crippen molar-refractivity contribution in [1.29, 1.82) is 0 Å². The van der Waals surface area contributed by atoms with Gasteiger partial charge in [0.25, 0.3) is 0 Å². The van der Waals surface area contributed by atoms with Gasteiger partial charge in [-0.2, -0.15) is 4.98 Å². The van der Waals surface area contributed by atoms with Gasteiger partial charge in [0.15, 0.2) is 0 Å². The number of hydrogen-bond donors (Lipinski definition) is 1. The molecule has 2 aromatic rings. The summed E-state index contributed by atoms with van der Waals surface area (Å²) >= 11 is 0. The van der Waals surface area contributed by atoms with E-state index in [1.54, 1.807) is 6.92 Å². The molecule has 2 unspecified atom stereocenters. The third kappa shape index (κ3) is 3.04. The van der Waals surface area contributed by atoms with Crippen LogP contribution in [0.4, 0.5) is 0 Å². The highest BCUT2D eigenvalue weighted by molar-refractivity contribution is 5.55. The molecule has 0 radical (unpaired) electrons. The molecule has 0 saturated heterocycles. The summed E-state index contributed by atoms with van der Waals surface area (Å²) in [5.74, 6) is 1.10. The molecule has 2 aromatic heterocycles. The predicted octanol–water partition coefficient (Wildman–Crippen LogP) is 2.87. The van der Waals surface area contributed by atoms with E-state index in [1.165, 1.54) is 0 Å². The molecule has 5 nitrogen and oxygen atoms in total. The maximum Gasteiger partial charge on any atom is 0.232 e. The van der Waals surface area contributed by atoms with Gasteiger partial charge >= 0.3 is 0 Å². The van der Waals surface area contributed by atoms with Crippen molar-refractivity contribution in [1.82, 2.24) is 15.1 Å². The summed E-state index contributed by atoms with van der Waals surface area (Å²) in [5.41, 5.74) is 2.72. The Balaban J connectivity index is 2.37. The van der Waals surface area contributed by atoms with Crippen molar-refractivity contribution < 1.29 is 9.63 Å². The second-order valence-electron chi connectivity index (χ2n) is 5.61. The van der Waals surface area contributed by atoms with Gasteiger partial charge in [-0.1, -0.05) is 19.0 Å². The zero-order chi connectivity index (χ0) is 14.9. The van der Waals surface area contributed by atoms with Crippen LogP contribution in [0, 0.1) is 19.8 Å². The number of hydrogen-bond acceptors (Lipinski definition) is 5. The fraction of sp³-hybridized carbons (Fsp3) is 0.533. The molecule has 0 aliphatic rings. The molecule has 0 aromatic carbocycles. The van der Waals surface area contributed by atoms with Crippen LogP contribution in [0.15, 0.2) is 16.7 Å². The lowest BCUT2D eigenvalue weighted by molar-refractivity contribution is 0.120. The molecule has 0 fully saturated rings. The summed E-state index contributed by atoms with van der Waals surface area (Å²) in [6, 6.07) is 3.85. The average molecular weight is 275 g/mol. The molecule has 0 aliphatic heterocycles. The number of aryl methyl sites for hydroxylation is 2. The van der Waals surface area contributed by atoms with Gasteiger partial charge in [-0.15, -0.1) is 0 Å². The van der Waals surface area contributed by atoms with Crippen molar-refractivity contribution >= 4 is 0 Å². The van der Waals surface area contributed by atoms with E-state index in [0.29, 0.717) is 11.7 Å². The molecule has 2 atom stereocenters. The minimum atomic E-state index is -0.524. The van der Waals surface area contributed by atoms with Gasteiger partial charge in [-0.3, -0.25) is 4.98 Å². The topological polar surface area (TPSA) is 72.0 Å². The summed E-state index contributed by atoms with van der Waals surface area (Å²) in [4.78, 5) is 8.77. The Labute approximate surface area is 119 Å². The minimum Gasteiger partial charge on any atom is -0.393 e. The molecule has 0 amide bonds. The summed E-state index contributed by atoms with van der Waals surface area (Å²) in [7, 11) is 0. The van der Waals surface area contributed by atoms with Crippen LogP contribution in [0.1, 0.15) is 44.0 Å². The fourth-order valence-electron chi connectivity index (χ4n) is 2.50. The highest BCUT2D eigenvalue weighted by Crippen LogP contribution is 2.28. The first kappa shape index (κ1) is 14.7. The molecule has 0 spiro atoms. The van der Waals surface area contributed by atoms with Crippen LogP contribution < -0.4 is 0 Å². The molecular weight excluding hydrogens is 254 g/mol. The maximum atomic E-state index is 9.87. The minimum absolute atomic E-state index is 0.153. The third-order valence-electron chi connectivity index (χ3n) is 3.30. The van der Waals surface area contributed by atoms with E-state index in [9.17, 15) is 5.11 Å². The Morgan fingerprint density at radius 3 is 2.15 bits per heavy atom. The van der Waals surface area contributed by atoms with Crippen LogP contribution in [-0.4, -0.2) is 26.3 Å². The van der Waals surface area contributed by atoms with E-state index in [0.717, 1.165) is 17.0 Å². The fourth-order valence-corrected chi connectivity index (χ4v) is 2.50. The lowest BCUT2D eigenvalue weighted by Crippen LogP contribution is -2.20. The number of aliphatic hydroxyl groups is 1. The van der Waals surface area contributed by atoms with Gasteiger partial charge in [0.2, 0.25) is 11.7 Å². The zero-order valence-corrected chi connectivity index (χ0v) is 12.6. The first-order chi connectivity index (χ1) is 9.38. The van der Waals surface area contributed by atoms with Crippen molar-refractivity contribution in [2.45, 2.75) is 46.6 Å². The van der Waals surface area contributed by atoms with Gasteiger partial charge < -0.3 is 9.63 Å². The Bertz CT molecular complexity index is 562. The van der Waals surface area contributed by atoms with Crippen LogP contribution in [0.25, 0.3) is 11.4 Å². The first-order valence-corrected chi connectivity index (χ1v) is 6.86. The lowest BCUT2D eigenvalue weighted by atomic mass is 9.91. The second-order valence-corrected chi connectivity index (χ2v) is 5.61. The van der Waals surface area contributed by atoms with Crippen LogP contribution in [0.3, 0.4) is 0 Å². The number of aliphatic hydroxyl groups excluding tert-OH is 1. The largest absolute Gasteiger partial charge is 0.393 e. The third-order valence-corrected chi connectivity index (χ3v) is 3.30. The molecule has 1 N–H and O–H groups in total. The molecule has 0 aliphatic carbocycles. The Morgan fingerprint density at radius 2 is 1.65 bits per heavy atom. The highest BCUT2D eigenvalue weighted by atomic mass is 16.5. The van der Waals surface area contributed by atoms with Gasteiger partial charge in [0.1, 0.15) is 0 Å². The van der Waals surface area contributed by atoms with E-state index < -0.39 is 6.10 Å². The Kier molecular flexibility index (Phi) is 4.18. The van der Waals surface area contributed by atoms with E-state index in [4.69, 9.17) is 4.52 Å². The molecule has 0 bridgehead atoms. The number of pyridine rings is 1. The van der Waals surface area contributed by atoms with Crippen LogP contribution >= 0.6 is 0 Å². The second kappa shape index (κ2) is 5.71. The maximum absolute atomic E-state index is 9.87. The molecule has 20 heavy (non-hydrogen) atoms. The molecular formula is C15H21N3O2. The highest BCUT2D eigenvalue weighted by Gasteiger charge is 2.27. The molecule has 0 saturated carbocycles. The number of nitrogens with zero attached hydrogens (tertiary/aromatic N) is 3. The van der Waals surface area contributed by atoms with Crippen molar-refractivity contribution in [2.24, 2.45) is 5.92 Å². The van der Waals surface area contributed by atoms with Gasteiger partial charge in [-0.05, 0) is 38.8 Å². The Morgan fingerprint density at radius 1 is 1.05 bits per heavy atom. The smallest absolute Gasteiger partial charge is 0.232 e. The zero-order valence-electron chi connectivity index (χ0n) is 12.6. The normalized spacial score (nSPS) is 14.6. The lowest BCUT2D eigenvalue weighted by Gasteiger charge is -2.19. The summed E-state index contributed by atoms with van der Waals surface area (Å²) in [6.45, 7) is 9.67. The van der Waals surface area contributed by atoms with Gasteiger partial charge in [-0.25, -0.2) is 0 Å². The molecule has 108 valence electrons. The Hall–Kier alpha value is -1.75. The van der Waals surface area contributed by atoms with Gasteiger partial charge in [0.05, 0.1) is 12.0 Å². The van der Waals surface area contributed by atoms with Crippen molar-refractivity contribution in [2.75, 3.05) is 0 Å². The monoisotopic (exact) mass is 275 g/mol. The molecule has 2 heterocycles. The van der Waals surface area contributed by atoms with E-state index in [-0.39, 0.29) is 11.8 Å². The van der Waals surface area contributed by atoms with Crippen molar-refractivity contribution in [3.05, 3.63) is 29.4 Å². The summed E-state index contributed by atoms with van der Waals surface area (Å²) in [6.07, 6.45) is -0.524. The molecule has 5 heteroatoms. The summed E-state index contributed by atoms with van der Waals surface area (Å²) < 4.78 is 5.34. The van der Waals surface area contributed by atoms with Crippen LogP contribution in [0.2, 0.25) is 0 Å². The van der Waals surface area contributed by atoms with Crippen LogP contribution in [0.5, 0.6) is 0 Å². The van der Waals surface area contributed by atoms with Crippen LogP contribution in [-0.2, 0) is 0 Å². The SMILES string of the molecule is Cc1cc(-c2noc(C(C(C)C)C(C)O)n2)cc(C)n1. The van der Waals surface area contributed by atoms with E-state index in [2.05, 4.69) is 15.1 Å². The average Bonchev–Trinajstić information content (AvgIpc) is 2.75. The standard InChI is InChI=1S/C15H21N3O2/c1-8(2)13(11(5)19)15-17-14(18-20-15)12-6-9(3)16-10(4)7-12/h6-8,11,13,19H,1-5H3. The molecule has 2 rings (SSSR count). The summed E-state index contributed by atoms with van der Waals surface area (Å²) in [5, 5.41) is 13.9. The number of aromatic nitrogens is 3. The number of rotatable bonds is 4. The van der Waals surface area contributed by atoms with Gasteiger partial charge in [0, 0.05) is 17.0 Å². The van der Waals surface area contributed by atoms with Crippen molar-refractivity contribution in [3.8, 4) is 11.4 Å². The van der Waals surface area contributed by atoms with E-state index in [1.807, 2.05) is 39.8 Å². The van der Waals surface area contributed by atoms with Crippen molar-refractivity contribution in [3.63, 3.8) is 0 Å². The predicted molar refractivity (Wildman–Crippen MR) is 76.3 cm³/mol. The quantitative estimate of drug-likeness (QED) is 0.928. The first-order valence-electron chi connectivity index (χ1n) is 6.86. The van der Waals surface area contributed by atoms with E-state index >= 15 is 0 Å².